The van der Waals surface area contributed by atoms with Crippen LogP contribution in [0.15, 0.2) is 30.3 Å². The first-order chi connectivity index (χ1) is 9.10. The molecule has 19 heavy (non-hydrogen) atoms. The van der Waals surface area contributed by atoms with Gasteiger partial charge in [0.15, 0.2) is 0 Å². The first-order valence-electron chi connectivity index (χ1n) is 7.17. The van der Waals surface area contributed by atoms with Crippen molar-refractivity contribution in [3.63, 3.8) is 0 Å². The van der Waals surface area contributed by atoms with Crippen molar-refractivity contribution in [2.45, 2.75) is 43.6 Å². The Hall–Kier alpha value is -1.35. The molecule has 1 saturated carbocycles. The van der Waals surface area contributed by atoms with E-state index in [1.807, 2.05) is 30.0 Å². The van der Waals surface area contributed by atoms with E-state index in [2.05, 4.69) is 12.1 Å². The number of aliphatic hydroxyl groups is 1. The molecule has 102 valence electrons. The van der Waals surface area contributed by atoms with Crippen molar-refractivity contribution in [1.82, 2.24) is 4.90 Å². The molecule has 2 aliphatic rings. The van der Waals surface area contributed by atoms with E-state index in [1.165, 1.54) is 0 Å². The number of benzene rings is 1. The summed E-state index contributed by atoms with van der Waals surface area (Å²) in [4.78, 5) is 14.6. The van der Waals surface area contributed by atoms with Crippen LogP contribution < -0.4 is 0 Å². The van der Waals surface area contributed by atoms with Crippen LogP contribution in [0.25, 0.3) is 0 Å². The average molecular weight is 259 g/mol. The third-order valence-electron chi connectivity index (χ3n) is 4.86. The molecule has 1 aliphatic heterocycles. The zero-order valence-electron chi connectivity index (χ0n) is 11.4. The largest absolute Gasteiger partial charge is 0.386 e. The van der Waals surface area contributed by atoms with E-state index < -0.39 is 5.60 Å². The van der Waals surface area contributed by atoms with Gasteiger partial charge in [-0.25, -0.2) is 0 Å². The lowest BCUT2D eigenvalue weighted by atomic mass is 9.63. The number of carbonyl (C=O) groups excluding carboxylic acids is 1. The summed E-state index contributed by atoms with van der Waals surface area (Å²) in [6, 6.07) is 10.1. The smallest absolute Gasteiger partial charge is 0.233 e. The van der Waals surface area contributed by atoms with Gasteiger partial charge in [-0.3, -0.25) is 4.79 Å². The first kappa shape index (κ1) is 12.7. The molecule has 1 saturated heterocycles. The van der Waals surface area contributed by atoms with Gasteiger partial charge in [0.25, 0.3) is 0 Å². The Balaban J connectivity index is 1.79. The summed E-state index contributed by atoms with van der Waals surface area (Å²) < 4.78 is 0. The Labute approximate surface area is 114 Å². The molecule has 3 rings (SSSR count). The fraction of sp³-hybridized carbons (Fsp3) is 0.562. The van der Waals surface area contributed by atoms with Crippen molar-refractivity contribution in [3.05, 3.63) is 35.9 Å². The predicted octanol–water partition coefficient (Wildman–Crippen LogP) is 2.09. The lowest BCUT2D eigenvalue weighted by Gasteiger charge is -2.52. The van der Waals surface area contributed by atoms with E-state index in [0.717, 1.165) is 31.2 Å². The molecule has 1 aliphatic carbocycles. The van der Waals surface area contributed by atoms with Crippen LogP contribution in [0.4, 0.5) is 0 Å². The number of amides is 1. The van der Waals surface area contributed by atoms with Crippen LogP contribution in [0.1, 0.15) is 38.2 Å². The topological polar surface area (TPSA) is 40.5 Å². The van der Waals surface area contributed by atoms with Crippen LogP contribution in [-0.4, -0.2) is 34.6 Å². The van der Waals surface area contributed by atoms with Crippen molar-refractivity contribution < 1.29 is 9.90 Å². The molecule has 0 unspecified atom stereocenters. The van der Waals surface area contributed by atoms with Crippen molar-refractivity contribution >= 4 is 5.91 Å². The van der Waals surface area contributed by atoms with Crippen molar-refractivity contribution in [1.29, 1.82) is 0 Å². The number of likely N-dealkylation sites (tertiary alicyclic amines) is 1. The van der Waals surface area contributed by atoms with Crippen LogP contribution in [0.5, 0.6) is 0 Å². The van der Waals surface area contributed by atoms with Gasteiger partial charge in [0, 0.05) is 0 Å². The summed E-state index contributed by atoms with van der Waals surface area (Å²) >= 11 is 0. The van der Waals surface area contributed by atoms with Gasteiger partial charge in [-0.15, -0.1) is 0 Å². The summed E-state index contributed by atoms with van der Waals surface area (Å²) in [6.45, 7) is 2.96. The average Bonchev–Trinajstić information content (AvgIpc) is 2.35. The molecule has 1 aromatic carbocycles. The SMILES string of the molecule is CCC1(O)CN(C(=O)C2(c3ccccc3)CCC2)C1. The molecule has 3 heteroatoms. The molecule has 0 atom stereocenters. The summed E-state index contributed by atoms with van der Waals surface area (Å²) in [5.41, 5.74) is 0.186. The summed E-state index contributed by atoms with van der Waals surface area (Å²) in [5, 5.41) is 10.1. The molecule has 1 aromatic rings. The number of rotatable bonds is 3. The Morgan fingerprint density at radius 2 is 1.89 bits per heavy atom. The van der Waals surface area contributed by atoms with E-state index in [9.17, 15) is 9.90 Å². The first-order valence-corrected chi connectivity index (χ1v) is 7.17. The van der Waals surface area contributed by atoms with Crippen LogP contribution in [-0.2, 0) is 10.2 Å². The van der Waals surface area contributed by atoms with Crippen LogP contribution in [0, 0.1) is 0 Å². The van der Waals surface area contributed by atoms with E-state index in [-0.39, 0.29) is 11.3 Å². The van der Waals surface area contributed by atoms with Gasteiger partial charge in [-0.2, -0.15) is 0 Å². The standard InChI is InChI=1S/C16H21NO2/c1-2-15(19)11-17(12-15)14(18)16(9-6-10-16)13-7-4-3-5-8-13/h3-5,7-8,19H,2,6,9-12H2,1H3. The fourth-order valence-corrected chi connectivity index (χ4v) is 3.25. The normalized spacial score (nSPS) is 23.4. The van der Waals surface area contributed by atoms with Gasteiger partial charge in [0.05, 0.1) is 24.1 Å². The summed E-state index contributed by atoms with van der Waals surface area (Å²) in [6.07, 6.45) is 3.72. The summed E-state index contributed by atoms with van der Waals surface area (Å²) in [7, 11) is 0. The highest BCUT2D eigenvalue weighted by Crippen LogP contribution is 2.46. The minimum absolute atomic E-state index is 0.211. The van der Waals surface area contributed by atoms with Gasteiger partial charge in [-0.05, 0) is 24.8 Å². The lowest BCUT2D eigenvalue weighted by Crippen LogP contribution is -2.67. The van der Waals surface area contributed by atoms with Gasteiger partial charge >= 0.3 is 0 Å². The second-order valence-electron chi connectivity index (χ2n) is 6.04. The molecule has 2 fully saturated rings. The van der Waals surface area contributed by atoms with Crippen LogP contribution in [0.3, 0.4) is 0 Å². The van der Waals surface area contributed by atoms with Gasteiger partial charge in [-0.1, -0.05) is 43.7 Å². The highest BCUT2D eigenvalue weighted by atomic mass is 16.3. The third-order valence-corrected chi connectivity index (χ3v) is 4.86. The molecule has 0 radical (unpaired) electrons. The Kier molecular flexibility index (Phi) is 2.90. The predicted molar refractivity (Wildman–Crippen MR) is 73.8 cm³/mol. The molecule has 3 nitrogen and oxygen atoms in total. The molecule has 0 aromatic heterocycles. The minimum Gasteiger partial charge on any atom is -0.386 e. The zero-order chi connectivity index (χ0) is 13.5. The van der Waals surface area contributed by atoms with Crippen molar-refractivity contribution in [3.8, 4) is 0 Å². The molecule has 1 N–H and O–H groups in total. The monoisotopic (exact) mass is 259 g/mol. The summed E-state index contributed by atoms with van der Waals surface area (Å²) in [5.74, 6) is 0.211. The molecule has 0 bridgehead atoms. The molecular weight excluding hydrogens is 238 g/mol. The molecule has 0 spiro atoms. The van der Waals surface area contributed by atoms with Gasteiger partial charge in [0.1, 0.15) is 0 Å². The van der Waals surface area contributed by atoms with E-state index in [1.54, 1.807) is 0 Å². The van der Waals surface area contributed by atoms with Crippen molar-refractivity contribution in [2.24, 2.45) is 0 Å². The number of hydrogen-bond acceptors (Lipinski definition) is 2. The van der Waals surface area contributed by atoms with Crippen molar-refractivity contribution in [2.75, 3.05) is 13.1 Å². The minimum atomic E-state index is -0.642. The van der Waals surface area contributed by atoms with Gasteiger partial charge < -0.3 is 10.0 Å². The molecular formula is C16H21NO2. The van der Waals surface area contributed by atoms with Gasteiger partial charge in [0.2, 0.25) is 5.91 Å². The van der Waals surface area contributed by atoms with E-state index in [4.69, 9.17) is 0 Å². The second-order valence-corrected chi connectivity index (χ2v) is 6.04. The Bertz CT molecular complexity index is 473. The van der Waals surface area contributed by atoms with E-state index in [0.29, 0.717) is 13.1 Å². The maximum atomic E-state index is 12.7. The number of hydrogen-bond donors (Lipinski definition) is 1. The number of β-amino-alcohol motifs (C(OH)–C–C–N with tert-alkyl or cyclic N) is 1. The highest BCUT2D eigenvalue weighted by Gasteiger charge is 2.52. The van der Waals surface area contributed by atoms with Crippen LogP contribution in [0.2, 0.25) is 0 Å². The quantitative estimate of drug-likeness (QED) is 0.903. The maximum Gasteiger partial charge on any atom is 0.233 e. The lowest BCUT2D eigenvalue weighted by molar-refractivity contribution is -0.165. The van der Waals surface area contributed by atoms with Crippen LogP contribution >= 0.6 is 0 Å². The number of carbonyl (C=O) groups is 1. The second kappa shape index (κ2) is 4.34. The molecule has 1 heterocycles. The molecule has 1 amide bonds. The Morgan fingerprint density at radius 3 is 2.37 bits per heavy atom. The highest BCUT2D eigenvalue weighted by molar-refractivity contribution is 5.90. The fourth-order valence-electron chi connectivity index (χ4n) is 3.25. The maximum absolute atomic E-state index is 12.7. The Morgan fingerprint density at radius 1 is 1.26 bits per heavy atom. The van der Waals surface area contributed by atoms with E-state index >= 15 is 0 Å². The number of nitrogens with zero attached hydrogens (tertiary/aromatic N) is 1. The zero-order valence-corrected chi connectivity index (χ0v) is 11.4. The third kappa shape index (κ3) is 1.88.